The van der Waals surface area contributed by atoms with E-state index in [-0.39, 0.29) is 23.8 Å². The van der Waals surface area contributed by atoms with Gasteiger partial charge < -0.3 is 4.74 Å². The number of thioether (sulfide) groups is 1. The van der Waals surface area contributed by atoms with Crippen LogP contribution in [0.25, 0.3) is 10.9 Å². The molecular weight excluding hydrogens is 302 g/mol. The molecule has 6 nitrogen and oxygen atoms in total. The Morgan fingerprint density at radius 1 is 1.50 bits per heavy atom. The second-order valence-corrected chi connectivity index (χ2v) is 5.89. The molecular formula is C15H15N3O3S. The Kier molecular flexibility index (Phi) is 5.17. The maximum Gasteiger partial charge on any atom is 0.307 e. The Hall–Kier alpha value is -2.33. The Morgan fingerprint density at radius 2 is 2.23 bits per heavy atom. The summed E-state index contributed by atoms with van der Waals surface area (Å²) < 4.78 is 6.04. The lowest BCUT2D eigenvalue weighted by atomic mass is 10.2. The molecule has 0 saturated heterocycles. The fourth-order valence-electron chi connectivity index (χ4n) is 1.92. The highest BCUT2D eigenvalue weighted by Crippen LogP contribution is 2.22. The van der Waals surface area contributed by atoms with Gasteiger partial charge in [-0.3, -0.25) is 14.2 Å². The summed E-state index contributed by atoms with van der Waals surface area (Å²) in [7, 11) is 1.30. The Labute approximate surface area is 131 Å². The van der Waals surface area contributed by atoms with Crippen LogP contribution in [0.1, 0.15) is 13.3 Å². The van der Waals surface area contributed by atoms with Gasteiger partial charge in [0.05, 0.1) is 35.8 Å². The van der Waals surface area contributed by atoms with Crippen molar-refractivity contribution in [1.82, 2.24) is 9.55 Å². The minimum absolute atomic E-state index is 0.0743. The number of carbonyl (C=O) groups excluding carboxylic acids is 1. The number of para-hydroxylation sites is 1. The third kappa shape index (κ3) is 3.46. The lowest BCUT2D eigenvalue weighted by Gasteiger charge is -2.13. The number of rotatable bonds is 5. The van der Waals surface area contributed by atoms with Crippen LogP contribution in [-0.4, -0.2) is 27.9 Å². The number of nitrogens with zero attached hydrogens (tertiary/aromatic N) is 3. The van der Waals surface area contributed by atoms with E-state index < -0.39 is 5.97 Å². The van der Waals surface area contributed by atoms with Crippen LogP contribution in [0.2, 0.25) is 0 Å². The molecule has 7 heteroatoms. The van der Waals surface area contributed by atoms with E-state index >= 15 is 0 Å². The van der Waals surface area contributed by atoms with Gasteiger partial charge in [0.2, 0.25) is 0 Å². The SMILES string of the molecule is COC(=O)CCn1c(S[C@H](C)C#N)nc2ccccc2c1=O. The molecule has 0 amide bonds. The molecule has 0 radical (unpaired) electrons. The van der Waals surface area contributed by atoms with E-state index in [0.717, 1.165) is 0 Å². The summed E-state index contributed by atoms with van der Waals surface area (Å²) in [6.45, 7) is 1.90. The fraction of sp³-hybridized carbons (Fsp3) is 0.333. The van der Waals surface area contributed by atoms with Gasteiger partial charge in [0.1, 0.15) is 0 Å². The molecule has 0 aliphatic heterocycles. The first-order valence-electron chi connectivity index (χ1n) is 6.69. The van der Waals surface area contributed by atoms with Gasteiger partial charge in [-0.1, -0.05) is 23.9 Å². The highest BCUT2D eigenvalue weighted by molar-refractivity contribution is 8.00. The zero-order valence-corrected chi connectivity index (χ0v) is 13.1. The summed E-state index contributed by atoms with van der Waals surface area (Å²) >= 11 is 1.20. The van der Waals surface area contributed by atoms with Gasteiger partial charge in [-0.2, -0.15) is 5.26 Å². The first-order valence-corrected chi connectivity index (χ1v) is 7.57. The lowest BCUT2D eigenvalue weighted by molar-refractivity contribution is -0.140. The maximum atomic E-state index is 12.6. The first-order chi connectivity index (χ1) is 10.6. The molecule has 1 heterocycles. The third-order valence-corrected chi connectivity index (χ3v) is 4.04. The van der Waals surface area contributed by atoms with Crippen molar-refractivity contribution < 1.29 is 9.53 Å². The monoisotopic (exact) mass is 317 g/mol. The van der Waals surface area contributed by atoms with Crippen LogP contribution in [0.3, 0.4) is 0 Å². The summed E-state index contributed by atoms with van der Waals surface area (Å²) in [6, 6.07) is 9.11. The molecule has 1 aromatic heterocycles. The number of aromatic nitrogens is 2. The average molecular weight is 317 g/mol. The number of fused-ring (bicyclic) bond motifs is 1. The van der Waals surface area contributed by atoms with Crippen molar-refractivity contribution >= 4 is 28.6 Å². The fourth-order valence-corrected chi connectivity index (χ4v) is 2.75. The van der Waals surface area contributed by atoms with E-state index in [1.807, 2.05) is 0 Å². The van der Waals surface area contributed by atoms with Crippen LogP contribution in [0.15, 0.2) is 34.2 Å². The second-order valence-electron chi connectivity index (χ2n) is 4.58. The average Bonchev–Trinajstić information content (AvgIpc) is 2.54. The molecule has 0 saturated carbocycles. The highest BCUT2D eigenvalue weighted by Gasteiger charge is 2.15. The molecule has 22 heavy (non-hydrogen) atoms. The van der Waals surface area contributed by atoms with Gasteiger partial charge in [0, 0.05) is 6.54 Å². The number of hydrogen-bond donors (Lipinski definition) is 0. The third-order valence-electron chi connectivity index (χ3n) is 3.06. The first kappa shape index (κ1) is 16.0. The zero-order chi connectivity index (χ0) is 16.1. The van der Waals surface area contributed by atoms with Crippen molar-refractivity contribution in [3.05, 3.63) is 34.6 Å². The molecule has 1 atom stereocenters. The highest BCUT2D eigenvalue weighted by atomic mass is 32.2. The van der Waals surface area contributed by atoms with Crippen molar-refractivity contribution in [2.75, 3.05) is 7.11 Å². The van der Waals surface area contributed by atoms with Crippen LogP contribution in [0.5, 0.6) is 0 Å². The summed E-state index contributed by atoms with van der Waals surface area (Å²) in [4.78, 5) is 28.4. The summed E-state index contributed by atoms with van der Waals surface area (Å²) in [5, 5.41) is 9.54. The van der Waals surface area contributed by atoms with E-state index in [1.54, 1.807) is 31.2 Å². The van der Waals surface area contributed by atoms with Crippen LogP contribution >= 0.6 is 11.8 Å². The number of methoxy groups -OCH3 is 1. The number of hydrogen-bond acceptors (Lipinski definition) is 6. The Bertz CT molecular complexity index is 795. The lowest BCUT2D eigenvalue weighted by Crippen LogP contribution is -2.25. The van der Waals surface area contributed by atoms with E-state index in [9.17, 15) is 9.59 Å². The zero-order valence-electron chi connectivity index (χ0n) is 12.3. The summed E-state index contributed by atoms with van der Waals surface area (Å²) in [5.74, 6) is -0.399. The summed E-state index contributed by atoms with van der Waals surface area (Å²) in [5.41, 5.74) is 0.358. The quantitative estimate of drug-likeness (QED) is 0.476. The van der Waals surface area contributed by atoms with Crippen LogP contribution in [0.4, 0.5) is 0 Å². The number of carbonyl (C=O) groups is 1. The van der Waals surface area contributed by atoms with Crippen molar-refractivity contribution in [1.29, 1.82) is 5.26 Å². The van der Waals surface area contributed by atoms with Gasteiger partial charge >= 0.3 is 5.97 Å². The van der Waals surface area contributed by atoms with Crippen LogP contribution in [0, 0.1) is 11.3 Å². The normalized spacial score (nSPS) is 11.9. The van der Waals surface area contributed by atoms with Gasteiger partial charge in [0.25, 0.3) is 5.56 Å². The minimum atomic E-state index is -0.399. The number of ether oxygens (including phenoxy) is 1. The predicted octanol–water partition coefficient (Wildman–Crippen LogP) is 1.96. The number of benzene rings is 1. The molecule has 0 N–H and O–H groups in total. The molecule has 114 valence electrons. The molecule has 2 aromatic rings. The molecule has 0 fully saturated rings. The topological polar surface area (TPSA) is 85.0 Å². The number of esters is 1. The molecule has 0 aliphatic carbocycles. The molecule has 2 rings (SSSR count). The van der Waals surface area contributed by atoms with Gasteiger partial charge in [-0.25, -0.2) is 4.98 Å². The van der Waals surface area contributed by atoms with Crippen molar-refractivity contribution in [3.63, 3.8) is 0 Å². The Morgan fingerprint density at radius 3 is 2.91 bits per heavy atom. The molecule has 0 unspecified atom stereocenters. The molecule has 0 bridgehead atoms. The maximum absolute atomic E-state index is 12.6. The molecule has 1 aromatic carbocycles. The van der Waals surface area contributed by atoms with Gasteiger partial charge in [0.15, 0.2) is 5.16 Å². The predicted molar refractivity (Wildman–Crippen MR) is 83.6 cm³/mol. The van der Waals surface area contributed by atoms with Crippen LogP contribution < -0.4 is 5.56 Å². The van der Waals surface area contributed by atoms with Crippen molar-refractivity contribution in [2.45, 2.75) is 30.3 Å². The summed E-state index contributed by atoms with van der Waals surface area (Å²) in [6.07, 6.45) is 0.0743. The molecule has 0 spiro atoms. The second kappa shape index (κ2) is 7.09. The van der Waals surface area contributed by atoms with Crippen LogP contribution in [-0.2, 0) is 16.1 Å². The van der Waals surface area contributed by atoms with Crippen molar-refractivity contribution in [2.24, 2.45) is 0 Å². The van der Waals surface area contributed by atoms with Gasteiger partial charge in [-0.15, -0.1) is 0 Å². The number of nitriles is 1. The Balaban J connectivity index is 2.51. The molecule has 0 aliphatic rings. The van der Waals surface area contributed by atoms with E-state index in [2.05, 4.69) is 15.8 Å². The van der Waals surface area contributed by atoms with Gasteiger partial charge in [-0.05, 0) is 19.1 Å². The van der Waals surface area contributed by atoms with E-state index in [1.165, 1.54) is 23.4 Å². The standard InChI is InChI=1S/C15H15N3O3S/c1-10(9-16)22-15-17-12-6-4-3-5-11(12)14(20)18(15)8-7-13(19)21-2/h3-6,10H,7-8H2,1-2H3/t10-/m1/s1. The largest absolute Gasteiger partial charge is 0.469 e. The smallest absolute Gasteiger partial charge is 0.307 e. The van der Waals surface area contributed by atoms with E-state index in [4.69, 9.17) is 5.26 Å². The van der Waals surface area contributed by atoms with Crippen molar-refractivity contribution in [3.8, 4) is 6.07 Å². The van der Waals surface area contributed by atoms with E-state index in [0.29, 0.717) is 16.1 Å². The minimum Gasteiger partial charge on any atom is -0.469 e.